The van der Waals surface area contributed by atoms with Gasteiger partial charge in [-0.2, -0.15) is 0 Å². The summed E-state index contributed by atoms with van der Waals surface area (Å²) in [5, 5.41) is 4.81. The maximum atomic E-state index is 6.27. The molecule has 0 aliphatic rings. The molecule has 0 unspecified atom stereocenters. The molecule has 120 valence electrons. The molecule has 0 aliphatic carbocycles. The molecular weight excluding hydrogens is 304 g/mol. The van der Waals surface area contributed by atoms with E-state index in [1.807, 2.05) is 12.1 Å². The van der Waals surface area contributed by atoms with Crippen molar-refractivity contribution in [1.82, 2.24) is 0 Å². The van der Waals surface area contributed by atoms with Crippen LogP contribution in [0, 0.1) is 13.8 Å². The van der Waals surface area contributed by atoms with E-state index in [0.29, 0.717) is 0 Å². The van der Waals surface area contributed by atoms with Gasteiger partial charge in [0.15, 0.2) is 0 Å². The topological polar surface area (TPSA) is 13.1 Å². The van der Waals surface area contributed by atoms with Crippen LogP contribution in [-0.4, -0.2) is 0 Å². The molecule has 1 heteroatoms. The number of furan rings is 1. The SMILES string of the molecule is Cc1ccccc1-c1ccc2ccc3c4ccccc4oc3c2c1C. The molecule has 4 aromatic carbocycles. The summed E-state index contributed by atoms with van der Waals surface area (Å²) in [4.78, 5) is 0. The van der Waals surface area contributed by atoms with Crippen LogP contribution in [0.4, 0.5) is 0 Å². The van der Waals surface area contributed by atoms with Crippen LogP contribution in [-0.2, 0) is 0 Å². The van der Waals surface area contributed by atoms with Crippen molar-refractivity contribution in [1.29, 1.82) is 0 Å². The van der Waals surface area contributed by atoms with Gasteiger partial charge in [0.2, 0.25) is 0 Å². The molecule has 0 amide bonds. The molecular formula is C24H18O. The molecule has 1 nitrogen and oxygen atoms in total. The highest BCUT2D eigenvalue weighted by atomic mass is 16.3. The first-order chi connectivity index (χ1) is 12.2. The summed E-state index contributed by atoms with van der Waals surface area (Å²) in [6.45, 7) is 4.37. The lowest BCUT2D eigenvalue weighted by atomic mass is 9.92. The Balaban J connectivity index is 1.93. The van der Waals surface area contributed by atoms with Gasteiger partial charge < -0.3 is 4.42 Å². The van der Waals surface area contributed by atoms with E-state index in [4.69, 9.17) is 4.42 Å². The molecule has 5 rings (SSSR count). The number of para-hydroxylation sites is 1. The number of fused-ring (bicyclic) bond motifs is 5. The van der Waals surface area contributed by atoms with Gasteiger partial charge in [-0.05, 0) is 53.6 Å². The largest absolute Gasteiger partial charge is 0.455 e. The van der Waals surface area contributed by atoms with Crippen molar-refractivity contribution in [3.05, 3.63) is 83.9 Å². The summed E-state index contributed by atoms with van der Waals surface area (Å²) in [5.74, 6) is 0. The lowest BCUT2D eigenvalue weighted by molar-refractivity contribution is 0.672. The summed E-state index contributed by atoms with van der Waals surface area (Å²) < 4.78 is 6.27. The highest BCUT2D eigenvalue weighted by Crippen LogP contribution is 2.38. The summed E-state index contributed by atoms with van der Waals surface area (Å²) in [5.41, 5.74) is 7.07. The molecule has 0 N–H and O–H groups in total. The second-order valence-corrected chi connectivity index (χ2v) is 6.69. The first kappa shape index (κ1) is 14.3. The molecule has 0 atom stereocenters. The molecule has 1 aromatic heterocycles. The highest BCUT2D eigenvalue weighted by molar-refractivity contribution is 6.16. The number of benzene rings is 4. The van der Waals surface area contributed by atoms with Crippen LogP contribution in [0.2, 0.25) is 0 Å². The van der Waals surface area contributed by atoms with Crippen molar-refractivity contribution in [2.75, 3.05) is 0 Å². The first-order valence-corrected chi connectivity index (χ1v) is 8.63. The van der Waals surface area contributed by atoms with E-state index >= 15 is 0 Å². The summed E-state index contributed by atoms with van der Waals surface area (Å²) in [7, 11) is 0. The molecule has 0 spiro atoms. The Morgan fingerprint density at radius 2 is 1.40 bits per heavy atom. The van der Waals surface area contributed by atoms with Gasteiger partial charge in [-0.1, -0.05) is 60.7 Å². The van der Waals surface area contributed by atoms with Gasteiger partial charge in [0.05, 0.1) is 0 Å². The third-order valence-electron chi connectivity index (χ3n) is 5.22. The van der Waals surface area contributed by atoms with E-state index < -0.39 is 0 Å². The molecule has 5 aromatic rings. The summed E-state index contributed by atoms with van der Waals surface area (Å²) >= 11 is 0. The zero-order valence-corrected chi connectivity index (χ0v) is 14.3. The van der Waals surface area contributed by atoms with Gasteiger partial charge >= 0.3 is 0 Å². The van der Waals surface area contributed by atoms with E-state index in [-0.39, 0.29) is 0 Å². The third kappa shape index (κ3) is 2.02. The number of hydrogen-bond donors (Lipinski definition) is 0. The molecule has 0 aliphatic heterocycles. The second kappa shape index (κ2) is 5.22. The normalized spacial score (nSPS) is 11.6. The average molecular weight is 322 g/mol. The van der Waals surface area contributed by atoms with E-state index in [0.717, 1.165) is 11.2 Å². The highest BCUT2D eigenvalue weighted by Gasteiger charge is 2.14. The van der Waals surface area contributed by atoms with Crippen LogP contribution in [0.5, 0.6) is 0 Å². The summed E-state index contributed by atoms with van der Waals surface area (Å²) in [6.07, 6.45) is 0. The van der Waals surface area contributed by atoms with Crippen molar-refractivity contribution < 1.29 is 4.42 Å². The molecule has 1 heterocycles. The molecule has 0 saturated heterocycles. The Bertz CT molecular complexity index is 1260. The lowest BCUT2D eigenvalue weighted by Crippen LogP contribution is -1.89. The van der Waals surface area contributed by atoms with E-state index in [1.54, 1.807) is 0 Å². The van der Waals surface area contributed by atoms with Crippen LogP contribution < -0.4 is 0 Å². The Morgan fingerprint density at radius 3 is 2.28 bits per heavy atom. The lowest BCUT2D eigenvalue weighted by Gasteiger charge is -2.12. The molecule has 0 radical (unpaired) electrons. The van der Waals surface area contributed by atoms with E-state index in [2.05, 4.69) is 74.5 Å². The van der Waals surface area contributed by atoms with Crippen LogP contribution in [0.3, 0.4) is 0 Å². The van der Waals surface area contributed by atoms with Crippen molar-refractivity contribution in [3.63, 3.8) is 0 Å². The minimum atomic E-state index is 0.950. The van der Waals surface area contributed by atoms with Gasteiger partial charge in [0, 0.05) is 16.2 Å². The van der Waals surface area contributed by atoms with Gasteiger partial charge in [-0.25, -0.2) is 0 Å². The van der Waals surface area contributed by atoms with Crippen LogP contribution in [0.15, 0.2) is 77.2 Å². The van der Waals surface area contributed by atoms with Gasteiger partial charge in [-0.15, -0.1) is 0 Å². The standard InChI is InChI=1S/C24H18O/c1-15-7-3-4-8-18(15)19-13-11-17-12-14-21-20-9-5-6-10-22(20)25-24(21)23(17)16(19)2/h3-14H,1-2H3. The third-order valence-corrected chi connectivity index (χ3v) is 5.22. The zero-order valence-electron chi connectivity index (χ0n) is 14.3. The maximum absolute atomic E-state index is 6.27. The van der Waals surface area contributed by atoms with Crippen molar-refractivity contribution in [3.8, 4) is 11.1 Å². The van der Waals surface area contributed by atoms with Gasteiger partial charge in [-0.3, -0.25) is 0 Å². The van der Waals surface area contributed by atoms with Crippen molar-refractivity contribution >= 4 is 32.7 Å². The average Bonchev–Trinajstić information content (AvgIpc) is 3.01. The minimum absolute atomic E-state index is 0.950. The zero-order chi connectivity index (χ0) is 17.0. The monoisotopic (exact) mass is 322 g/mol. The maximum Gasteiger partial charge on any atom is 0.143 e. The fraction of sp³-hybridized carbons (Fsp3) is 0.0833. The van der Waals surface area contributed by atoms with Crippen LogP contribution in [0.1, 0.15) is 11.1 Å². The second-order valence-electron chi connectivity index (χ2n) is 6.69. The van der Waals surface area contributed by atoms with Crippen LogP contribution >= 0.6 is 0 Å². The van der Waals surface area contributed by atoms with Crippen molar-refractivity contribution in [2.45, 2.75) is 13.8 Å². The molecule has 0 bridgehead atoms. The predicted octanol–water partition coefficient (Wildman–Crippen LogP) is 7.02. The number of rotatable bonds is 1. The van der Waals surface area contributed by atoms with Gasteiger partial charge in [0.1, 0.15) is 11.2 Å². The molecule has 0 saturated carbocycles. The predicted molar refractivity (Wildman–Crippen MR) is 106 cm³/mol. The number of aryl methyl sites for hydroxylation is 2. The van der Waals surface area contributed by atoms with Crippen LogP contribution in [0.25, 0.3) is 43.8 Å². The van der Waals surface area contributed by atoms with Crippen molar-refractivity contribution in [2.24, 2.45) is 0 Å². The first-order valence-electron chi connectivity index (χ1n) is 8.63. The van der Waals surface area contributed by atoms with E-state index in [9.17, 15) is 0 Å². The summed E-state index contributed by atoms with van der Waals surface area (Å²) in [6, 6.07) is 25.6. The smallest absolute Gasteiger partial charge is 0.143 e. The Labute approximate surface area is 146 Å². The van der Waals surface area contributed by atoms with E-state index in [1.165, 1.54) is 43.8 Å². The Kier molecular flexibility index (Phi) is 2.98. The Hall–Kier alpha value is -3.06. The fourth-order valence-electron chi connectivity index (χ4n) is 3.93. The minimum Gasteiger partial charge on any atom is -0.455 e. The Morgan fingerprint density at radius 1 is 0.640 bits per heavy atom. The fourth-order valence-corrected chi connectivity index (χ4v) is 3.93. The molecule has 25 heavy (non-hydrogen) atoms. The number of hydrogen-bond acceptors (Lipinski definition) is 1. The quantitative estimate of drug-likeness (QED) is 0.323. The van der Waals surface area contributed by atoms with Gasteiger partial charge in [0.25, 0.3) is 0 Å². The molecule has 0 fully saturated rings.